The molecule has 0 fully saturated rings. The molecule has 0 aliphatic rings. The summed E-state index contributed by atoms with van der Waals surface area (Å²) in [6, 6.07) is 5.25. The molecule has 1 rings (SSSR count). The Balaban J connectivity index is 2.86. The summed E-state index contributed by atoms with van der Waals surface area (Å²) in [5.41, 5.74) is 0.781. The SMILES string of the molecule is C#CC(CC)Nc1cc(Cl)ccc1Cl. The van der Waals surface area contributed by atoms with E-state index in [2.05, 4.69) is 11.2 Å². The highest BCUT2D eigenvalue weighted by Gasteiger charge is 2.05. The molecule has 0 amide bonds. The number of anilines is 1. The molecule has 0 saturated carbocycles. The molecule has 1 unspecified atom stereocenters. The Kier molecular flexibility index (Phi) is 4.13. The molecule has 0 spiro atoms. The predicted molar refractivity (Wildman–Crippen MR) is 63.0 cm³/mol. The smallest absolute Gasteiger partial charge is 0.0872 e. The zero-order valence-corrected chi connectivity index (χ0v) is 9.36. The van der Waals surface area contributed by atoms with Gasteiger partial charge in [0.25, 0.3) is 0 Å². The predicted octanol–water partition coefficient (Wildman–Crippen LogP) is 3.82. The van der Waals surface area contributed by atoms with E-state index in [1.54, 1.807) is 18.2 Å². The summed E-state index contributed by atoms with van der Waals surface area (Å²) >= 11 is 11.8. The molecule has 0 heterocycles. The number of terminal acetylenes is 1. The molecule has 14 heavy (non-hydrogen) atoms. The van der Waals surface area contributed by atoms with Gasteiger partial charge in [0.05, 0.1) is 16.8 Å². The fraction of sp³-hybridized carbons (Fsp3) is 0.273. The van der Waals surface area contributed by atoms with Gasteiger partial charge in [-0.25, -0.2) is 0 Å². The lowest BCUT2D eigenvalue weighted by Crippen LogP contribution is -2.15. The second-order valence-electron chi connectivity index (χ2n) is 2.90. The number of halogens is 2. The average molecular weight is 228 g/mol. The standard InChI is InChI=1S/C11H11Cl2N/c1-3-9(4-2)14-11-7-8(12)5-6-10(11)13/h1,5-7,9,14H,4H2,2H3. The van der Waals surface area contributed by atoms with Crippen molar-refractivity contribution in [3.8, 4) is 12.3 Å². The van der Waals surface area contributed by atoms with Crippen LogP contribution in [-0.2, 0) is 0 Å². The first kappa shape index (κ1) is 11.2. The summed E-state index contributed by atoms with van der Waals surface area (Å²) in [6.45, 7) is 2.01. The minimum atomic E-state index is -0.00836. The highest BCUT2D eigenvalue weighted by molar-refractivity contribution is 6.35. The highest BCUT2D eigenvalue weighted by atomic mass is 35.5. The Bertz CT molecular complexity index is 355. The molecular weight excluding hydrogens is 217 g/mol. The molecule has 1 aromatic rings. The molecule has 0 aromatic heterocycles. The Morgan fingerprint density at radius 1 is 1.50 bits per heavy atom. The van der Waals surface area contributed by atoms with Crippen LogP contribution in [0, 0.1) is 12.3 Å². The normalized spacial score (nSPS) is 11.9. The maximum atomic E-state index is 5.96. The topological polar surface area (TPSA) is 12.0 Å². The van der Waals surface area contributed by atoms with Crippen molar-refractivity contribution in [2.75, 3.05) is 5.32 Å². The first-order valence-electron chi connectivity index (χ1n) is 4.35. The van der Waals surface area contributed by atoms with Crippen molar-refractivity contribution >= 4 is 28.9 Å². The van der Waals surface area contributed by atoms with E-state index in [1.165, 1.54) is 0 Å². The van der Waals surface area contributed by atoms with Crippen molar-refractivity contribution < 1.29 is 0 Å². The first-order chi connectivity index (χ1) is 6.67. The van der Waals surface area contributed by atoms with Crippen LogP contribution in [-0.4, -0.2) is 6.04 Å². The number of hydrogen-bond donors (Lipinski definition) is 1. The fourth-order valence-corrected chi connectivity index (χ4v) is 1.40. The van der Waals surface area contributed by atoms with E-state index in [0.717, 1.165) is 12.1 Å². The van der Waals surface area contributed by atoms with Crippen LogP contribution in [0.25, 0.3) is 0 Å². The summed E-state index contributed by atoms with van der Waals surface area (Å²) in [7, 11) is 0. The van der Waals surface area contributed by atoms with E-state index in [4.69, 9.17) is 29.6 Å². The van der Waals surface area contributed by atoms with Crippen LogP contribution in [0.1, 0.15) is 13.3 Å². The van der Waals surface area contributed by atoms with Crippen molar-refractivity contribution in [1.29, 1.82) is 0 Å². The van der Waals surface area contributed by atoms with E-state index in [0.29, 0.717) is 10.0 Å². The first-order valence-corrected chi connectivity index (χ1v) is 5.10. The lowest BCUT2D eigenvalue weighted by atomic mass is 10.2. The third-order valence-electron chi connectivity index (χ3n) is 1.87. The van der Waals surface area contributed by atoms with Gasteiger partial charge >= 0.3 is 0 Å². The lowest BCUT2D eigenvalue weighted by Gasteiger charge is -2.13. The monoisotopic (exact) mass is 227 g/mol. The number of rotatable bonds is 3. The van der Waals surface area contributed by atoms with Crippen molar-refractivity contribution in [3.63, 3.8) is 0 Å². The van der Waals surface area contributed by atoms with Gasteiger partial charge in [-0.1, -0.05) is 36.0 Å². The molecule has 3 heteroatoms. The van der Waals surface area contributed by atoms with Gasteiger partial charge in [-0.15, -0.1) is 6.42 Å². The molecule has 1 atom stereocenters. The Morgan fingerprint density at radius 2 is 2.21 bits per heavy atom. The quantitative estimate of drug-likeness (QED) is 0.775. The summed E-state index contributed by atoms with van der Waals surface area (Å²) < 4.78 is 0. The van der Waals surface area contributed by atoms with Gasteiger partial charge in [-0.3, -0.25) is 0 Å². The van der Waals surface area contributed by atoms with Crippen molar-refractivity contribution in [3.05, 3.63) is 28.2 Å². The maximum Gasteiger partial charge on any atom is 0.0872 e. The lowest BCUT2D eigenvalue weighted by molar-refractivity contribution is 0.858. The van der Waals surface area contributed by atoms with Gasteiger partial charge in [0.15, 0.2) is 0 Å². The molecule has 0 aliphatic carbocycles. The van der Waals surface area contributed by atoms with Crippen LogP contribution in [0.4, 0.5) is 5.69 Å². The van der Waals surface area contributed by atoms with Gasteiger partial charge in [-0.2, -0.15) is 0 Å². The highest BCUT2D eigenvalue weighted by Crippen LogP contribution is 2.26. The minimum absolute atomic E-state index is 0.00836. The molecule has 1 nitrogen and oxygen atoms in total. The van der Waals surface area contributed by atoms with E-state index < -0.39 is 0 Å². The van der Waals surface area contributed by atoms with Gasteiger partial charge < -0.3 is 5.32 Å². The van der Waals surface area contributed by atoms with Crippen LogP contribution in [0.15, 0.2) is 18.2 Å². The van der Waals surface area contributed by atoms with Crippen molar-refractivity contribution in [2.24, 2.45) is 0 Å². The summed E-state index contributed by atoms with van der Waals surface area (Å²) in [4.78, 5) is 0. The maximum absolute atomic E-state index is 5.96. The summed E-state index contributed by atoms with van der Waals surface area (Å²) in [6.07, 6.45) is 6.18. The molecule has 0 bridgehead atoms. The van der Waals surface area contributed by atoms with Crippen LogP contribution in [0.3, 0.4) is 0 Å². The van der Waals surface area contributed by atoms with E-state index >= 15 is 0 Å². The van der Waals surface area contributed by atoms with Gasteiger partial charge in [-0.05, 0) is 24.6 Å². The molecule has 1 N–H and O–H groups in total. The van der Waals surface area contributed by atoms with E-state index in [9.17, 15) is 0 Å². The second-order valence-corrected chi connectivity index (χ2v) is 3.74. The van der Waals surface area contributed by atoms with Crippen LogP contribution < -0.4 is 5.32 Å². The number of benzene rings is 1. The molecule has 74 valence electrons. The second kappa shape index (κ2) is 5.14. The Hall–Kier alpha value is -0.840. The van der Waals surface area contributed by atoms with E-state index in [1.807, 2.05) is 6.92 Å². The van der Waals surface area contributed by atoms with Crippen LogP contribution in [0.5, 0.6) is 0 Å². The molecule has 0 aliphatic heterocycles. The van der Waals surface area contributed by atoms with E-state index in [-0.39, 0.29) is 6.04 Å². The molecule has 0 radical (unpaired) electrons. The van der Waals surface area contributed by atoms with Crippen molar-refractivity contribution in [2.45, 2.75) is 19.4 Å². The fourth-order valence-electron chi connectivity index (χ4n) is 1.06. The molecular formula is C11H11Cl2N. The Morgan fingerprint density at radius 3 is 2.79 bits per heavy atom. The van der Waals surface area contributed by atoms with Crippen molar-refractivity contribution in [1.82, 2.24) is 0 Å². The molecule has 1 aromatic carbocycles. The zero-order valence-electron chi connectivity index (χ0n) is 7.85. The summed E-state index contributed by atoms with van der Waals surface area (Å²) in [5, 5.41) is 4.41. The number of nitrogens with one attached hydrogen (secondary N) is 1. The van der Waals surface area contributed by atoms with Crippen LogP contribution >= 0.6 is 23.2 Å². The van der Waals surface area contributed by atoms with Gasteiger partial charge in [0.2, 0.25) is 0 Å². The number of hydrogen-bond acceptors (Lipinski definition) is 1. The largest absolute Gasteiger partial charge is 0.370 e. The Labute approximate surface area is 94.4 Å². The van der Waals surface area contributed by atoms with Gasteiger partial charge in [0, 0.05) is 5.02 Å². The average Bonchev–Trinajstić information content (AvgIpc) is 2.19. The molecule has 0 saturated heterocycles. The minimum Gasteiger partial charge on any atom is -0.370 e. The van der Waals surface area contributed by atoms with Crippen LogP contribution in [0.2, 0.25) is 10.0 Å². The van der Waals surface area contributed by atoms with Gasteiger partial charge in [0.1, 0.15) is 0 Å². The third-order valence-corrected chi connectivity index (χ3v) is 2.43. The zero-order chi connectivity index (χ0) is 10.6. The summed E-state index contributed by atoms with van der Waals surface area (Å²) in [5.74, 6) is 2.63. The third kappa shape index (κ3) is 2.83.